The van der Waals surface area contributed by atoms with Gasteiger partial charge in [0.2, 0.25) is 5.91 Å². The summed E-state index contributed by atoms with van der Waals surface area (Å²) in [5, 5.41) is 0. The molecule has 1 aromatic carbocycles. The maximum atomic E-state index is 13.0. The summed E-state index contributed by atoms with van der Waals surface area (Å²) in [5.74, 6) is 0.430. The molecule has 3 heterocycles. The summed E-state index contributed by atoms with van der Waals surface area (Å²) in [6.07, 6.45) is 1.62. The van der Waals surface area contributed by atoms with Crippen molar-refractivity contribution in [2.24, 2.45) is 0 Å². The topological polar surface area (TPSA) is 83.3 Å². The Labute approximate surface area is 168 Å². The Kier molecular flexibility index (Phi) is 5.35. The molecule has 0 N–H and O–H groups in total. The fourth-order valence-electron chi connectivity index (χ4n) is 3.82. The molecule has 1 aromatic heterocycles. The number of benzene rings is 1. The normalized spacial score (nSPS) is 20.4. The van der Waals surface area contributed by atoms with E-state index in [2.05, 4.69) is 0 Å². The van der Waals surface area contributed by atoms with Crippen molar-refractivity contribution < 1.29 is 23.5 Å². The zero-order valence-corrected chi connectivity index (χ0v) is 16.2. The highest BCUT2D eigenvalue weighted by atomic mass is 16.5. The van der Waals surface area contributed by atoms with Crippen LogP contribution < -0.4 is 9.64 Å². The van der Waals surface area contributed by atoms with Gasteiger partial charge in [-0.2, -0.15) is 0 Å². The number of nitrogens with zero attached hydrogens (tertiary/aromatic N) is 3. The minimum atomic E-state index is -0.491. The minimum absolute atomic E-state index is 0.151. The van der Waals surface area contributed by atoms with Gasteiger partial charge >= 0.3 is 0 Å². The second kappa shape index (κ2) is 8.08. The van der Waals surface area contributed by atoms with Gasteiger partial charge in [0.1, 0.15) is 5.75 Å². The van der Waals surface area contributed by atoms with Crippen LogP contribution in [-0.2, 0) is 9.59 Å². The molecular formula is C21H23N3O5. The second-order valence-electron chi connectivity index (χ2n) is 7.02. The van der Waals surface area contributed by atoms with E-state index in [1.165, 1.54) is 11.2 Å². The second-order valence-corrected chi connectivity index (χ2v) is 7.02. The molecule has 2 aliphatic rings. The Morgan fingerprint density at radius 1 is 1.10 bits per heavy atom. The minimum Gasteiger partial charge on any atom is -0.494 e. The van der Waals surface area contributed by atoms with Gasteiger partial charge in [-0.15, -0.1) is 0 Å². The van der Waals surface area contributed by atoms with Crippen LogP contribution in [0, 0.1) is 0 Å². The van der Waals surface area contributed by atoms with E-state index >= 15 is 0 Å². The number of anilines is 1. The summed E-state index contributed by atoms with van der Waals surface area (Å²) in [7, 11) is 0. The lowest BCUT2D eigenvalue weighted by atomic mass is 10.1. The third-order valence-electron chi connectivity index (χ3n) is 5.30. The van der Waals surface area contributed by atoms with Crippen molar-refractivity contribution in [3.8, 4) is 5.75 Å². The molecule has 0 spiro atoms. The highest BCUT2D eigenvalue weighted by molar-refractivity contribution is 6.22. The predicted octanol–water partition coefficient (Wildman–Crippen LogP) is 1.77. The van der Waals surface area contributed by atoms with E-state index in [1.54, 1.807) is 41.3 Å². The lowest BCUT2D eigenvalue weighted by Crippen LogP contribution is -2.53. The number of ether oxygens (including phenoxy) is 1. The molecule has 3 amide bonds. The lowest BCUT2D eigenvalue weighted by Gasteiger charge is -2.36. The van der Waals surface area contributed by atoms with Crippen molar-refractivity contribution in [1.29, 1.82) is 0 Å². The number of rotatable bonds is 5. The Balaban J connectivity index is 1.40. The fraction of sp³-hybridized carbons (Fsp3) is 0.381. The summed E-state index contributed by atoms with van der Waals surface area (Å²) in [6, 6.07) is 9.80. The summed E-state index contributed by atoms with van der Waals surface area (Å²) >= 11 is 0. The van der Waals surface area contributed by atoms with Gasteiger partial charge in [0.25, 0.3) is 11.8 Å². The van der Waals surface area contributed by atoms with E-state index in [1.807, 2.05) is 11.8 Å². The van der Waals surface area contributed by atoms with Gasteiger partial charge in [-0.3, -0.25) is 19.3 Å². The first-order valence-corrected chi connectivity index (χ1v) is 9.75. The van der Waals surface area contributed by atoms with Crippen LogP contribution in [0.1, 0.15) is 23.9 Å². The average Bonchev–Trinajstić information content (AvgIpc) is 3.37. The van der Waals surface area contributed by atoms with E-state index in [-0.39, 0.29) is 24.1 Å². The molecule has 0 bridgehead atoms. The number of imide groups is 1. The zero-order valence-electron chi connectivity index (χ0n) is 16.2. The molecule has 0 unspecified atom stereocenters. The van der Waals surface area contributed by atoms with Gasteiger partial charge in [0.05, 0.1) is 31.0 Å². The Bertz CT molecular complexity index is 886. The first-order valence-electron chi connectivity index (χ1n) is 9.75. The molecule has 2 aromatic rings. The van der Waals surface area contributed by atoms with Crippen molar-refractivity contribution in [2.45, 2.75) is 19.4 Å². The molecule has 0 aliphatic carbocycles. The molecule has 0 radical (unpaired) electrons. The third kappa shape index (κ3) is 3.75. The number of hydrogen-bond donors (Lipinski definition) is 0. The number of hydrogen-bond acceptors (Lipinski definition) is 6. The summed E-state index contributed by atoms with van der Waals surface area (Å²) in [6.45, 7) is 4.49. The van der Waals surface area contributed by atoms with E-state index in [0.717, 1.165) is 0 Å². The number of carbonyl (C=O) groups excluding carboxylic acids is 3. The van der Waals surface area contributed by atoms with Crippen LogP contribution >= 0.6 is 0 Å². The van der Waals surface area contributed by atoms with Gasteiger partial charge in [0, 0.05) is 26.2 Å². The Morgan fingerprint density at radius 3 is 2.45 bits per heavy atom. The number of furan rings is 1. The first-order chi connectivity index (χ1) is 14.1. The van der Waals surface area contributed by atoms with Crippen molar-refractivity contribution in [3.63, 3.8) is 0 Å². The van der Waals surface area contributed by atoms with Crippen LogP contribution in [0.3, 0.4) is 0 Å². The third-order valence-corrected chi connectivity index (χ3v) is 5.30. The SMILES string of the molecule is CCOc1ccc(N2C(=O)C[C@@H](N3CCN(C(=O)c4ccco4)CC3)C2=O)cc1. The molecule has 29 heavy (non-hydrogen) atoms. The smallest absolute Gasteiger partial charge is 0.289 e. The van der Waals surface area contributed by atoms with Crippen LogP contribution in [-0.4, -0.2) is 66.3 Å². The molecule has 152 valence electrons. The van der Waals surface area contributed by atoms with Crippen molar-refractivity contribution >= 4 is 23.4 Å². The monoisotopic (exact) mass is 397 g/mol. The van der Waals surface area contributed by atoms with Crippen LogP contribution in [0.5, 0.6) is 5.75 Å². The van der Waals surface area contributed by atoms with Gasteiger partial charge < -0.3 is 14.1 Å². The summed E-state index contributed by atoms with van der Waals surface area (Å²) < 4.78 is 10.6. The molecule has 8 heteroatoms. The number of amides is 3. The molecule has 4 rings (SSSR count). The van der Waals surface area contributed by atoms with Gasteiger partial charge in [-0.25, -0.2) is 4.90 Å². The van der Waals surface area contributed by atoms with E-state index in [4.69, 9.17) is 9.15 Å². The van der Waals surface area contributed by atoms with Gasteiger partial charge in [-0.05, 0) is 43.3 Å². The predicted molar refractivity (Wildman–Crippen MR) is 105 cm³/mol. The number of carbonyl (C=O) groups is 3. The average molecular weight is 397 g/mol. The fourth-order valence-corrected chi connectivity index (χ4v) is 3.82. The summed E-state index contributed by atoms with van der Waals surface area (Å²) in [5.41, 5.74) is 0.553. The van der Waals surface area contributed by atoms with Crippen molar-refractivity contribution in [2.75, 3.05) is 37.7 Å². The van der Waals surface area contributed by atoms with Crippen molar-refractivity contribution in [1.82, 2.24) is 9.80 Å². The highest BCUT2D eigenvalue weighted by Crippen LogP contribution is 2.28. The Hall–Kier alpha value is -3.13. The van der Waals surface area contributed by atoms with E-state index < -0.39 is 6.04 Å². The largest absolute Gasteiger partial charge is 0.494 e. The van der Waals surface area contributed by atoms with Gasteiger partial charge in [0.15, 0.2) is 5.76 Å². The highest BCUT2D eigenvalue weighted by Gasteiger charge is 2.43. The van der Waals surface area contributed by atoms with E-state index in [9.17, 15) is 14.4 Å². The molecular weight excluding hydrogens is 374 g/mol. The first kappa shape index (κ1) is 19.2. The summed E-state index contributed by atoms with van der Waals surface area (Å²) in [4.78, 5) is 42.8. The molecule has 2 saturated heterocycles. The molecule has 2 fully saturated rings. The molecule has 2 aliphatic heterocycles. The van der Waals surface area contributed by atoms with Gasteiger partial charge in [-0.1, -0.05) is 0 Å². The molecule has 1 atom stereocenters. The quantitative estimate of drug-likeness (QED) is 0.715. The Morgan fingerprint density at radius 2 is 1.83 bits per heavy atom. The zero-order chi connectivity index (χ0) is 20.4. The van der Waals surface area contributed by atoms with Crippen molar-refractivity contribution in [3.05, 3.63) is 48.4 Å². The lowest BCUT2D eigenvalue weighted by molar-refractivity contribution is -0.123. The number of piperazine rings is 1. The molecule has 0 saturated carbocycles. The maximum Gasteiger partial charge on any atom is 0.289 e. The van der Waals surface area contributed by atoms with E-state index in [0.29, 0.717) is 50.0 Å². The van der Waals surface area contributed by atoms with Crippen LogP contribution in [0.15, 0.2) is 47.1 Å². The van der Waals surface area contributed by atoms with Crippen LogP contribution in [0.4, 0.5) is 5.69 Å². The molecule has 8 nitrogen and oxygen atoms in total. The van der Waals surface area contributed by atoms with Crippen LogP contribution in [0.25, 0.3) is 0 Å². The maximum absolute atomic E-state index is 13.0. The van der Waals surface area contributed by atoms with Crippen LogP contribution in [0.2, 0.25) is 0 Å². The standard InChI is InChI=1S/C21H23N3O5/c1-2-28-16-7-5-15(6-8-16)24-19(25)14-17(20(24)26)22-9-11-23(12-10-22)21(27)18-4-3-13-29-18/h3-8,13,17H,2,9-12,14H2,1H3/t17-/m1/s1.